The highest BCUT2D eigenvalue weighted by Gasteiger charge is 2.48. The summed E-state index contributed by atoms with van der Waals surface area (Å²) >= 11 is 0. The van der Waals surface area contributed by atoms with Crippen LogP contribution in [0.4, 0.5) is 0 Å². The van der Waals surface area contributed by atoms with Crippen molar-refractivity contribution in [3.05, 3.63) is 29.8 Å². The van der Waals surface area contributed by atoms with E-state index in [4.69, 9.17) is 14.2 Å². The van der Waals surface area contributed by atoms with Crippen molar-refractivity contribution in [3.63, 3.8) is 0 Å². The fourth-order valence-corrected chi connectivity index (χ4v) is 2.72. The quantitative estimate of drug-likeness (QED) is 0.771. The molecule has 1 fully saturated rings. The number of nitrogens with one attached hydrogen (secondary N) is 1. The molecule has 0 aromatic heterocycles. The van der Waals surface area contributed by atoms with Gasteiger partial charge in [-0.15, -0.1) is 0 Å². The maximum Gasteiger partial charge on any atom is 0.337 e. The zero-order valence-corrected chi connectivity index (χ0v) is 16.0. The lowest BCUT2D eigenvalue weighted by Crippen LogP contribution is -2.54. The van der Waals surface area contributed by atoms with Crippen molar-refractivity contribution in [2.45, 2.75) is 44.4 Å². The van der Waals surface area contributed by atoms with Crippen molar-refractivity contribution in [1.82, 2.24) is 5.32 Å². The molecule has 1 heterocycles. The molecule has 7 nitrogen and oxygen atoms in total. The Labute approximate surface area is 153 Å². The van der Waals surface area contributed by atoms with Gasteiger partial charge < -0.3 is 18.9 Å². The van der Waals surface area contributed by atoms with Gasteiger partial charge in [-0.1, -0.05) is 0 Å². The van der Waals surface area contributed by atoms with Crippen LogP contribution >= 0.6 is 0 Å². The van der Waals surface area contributed by atoms with E-state index in [1.165, 1.54) is 7.11 Å². The molecule has 1 aromatic rings. The minimum Gasteiger partial charge on any atom is -0.491 e. The Kier molecular flexibility index (Phi) is 6.26. The maximum absolute atomic E-state index is 12.8. The van der Waals surface area contributed by atoms with Gasteiger partial charge in [-0.25, -0.2) is 9.59 Å². The topological polar surface area (TPSA) is 83.1 Å². The van der Waals surface area contributed by atoms with E-state index >= 15 is 0 Å². The van der Waals surface area contributed by atoms with Gasteiger partial charge in [0, 0.05) is 20.1 Å². The Morgan fingerprint density at radius 1 is 1.19 bits per heavy atom. The van der Waals surface area contributed by atoms with Gasteiger partial charge in [0.25, 0.3) is 0 Å². The number of esters is 2. The van der Waals surface area contributed by atoms with Crippen molar-refractivity contribution in [2.75, 3.05) is 27.4 Å². The molecule has 0 unspecified atom stereocenters. The highest BCUT2D eigenvalue weighted by Crippen LogP contribution is 2.27. The van der Waals surface area contributed by atoms with Gasteiger partial charge in [-0.3, -0.25) is 5.32 Å². The van der Waals surface area contributed by atoms with Crippen LogP contribution in [0.15, 0.2) is 24.3 Å². The first kappa shape index (κ1) is 20.2. The summed E-state index contributed by atoms with van der Waals surface area (Å²) in [5, 5.41) is 3.20. The second kappa shape index (κ2) is 8.05. The fraction of sp³-hybridized carbons (Fsp3) is 0.579. The summed E-state index contributed by atoms with van der Waals surface area (Å²) in [5.41, 5.74) is -1.14. The lowest BCUT2D eigenvalue weighted by atomic mass is 9.97. The fourth-order valence-electron chi connectivity index (χ4n) is 2.72. The molecule has 0 aliphatic carbocycles. The second-order valence-corrected chi connectivity index (χ2v) is 7.33. The molecule has 0 saturated carbocycles. The Hall–Kier alpha value is -2.12. The van der Waals surface area contributed by atoms with Gasteiger partial charge >= 0.3 is 11.9 Å². The lowest BCUT2D eigenvalue weighted by Gasteiger charge is -2.31. The van der Waals surface area contributed by atoms with Crippen molar-refractivity contribution in [2.24, 2.45) is 0 Å². The first-order chi connectivity index (χ1) is 12.2. The van der Waals surface area contributed by atoms with Gasteiger partial charge in [0.1, 0.15) is 18.0 Å². The van der Waals surface area contributed by atoms with E-state index in [0.717, 1.165) is 0 Å². The van der Waals surface area contributed by atoms with Crippen molar-refractivity contribution >= 4 is 11.9 Å². The van der Waals surface area contributed by atoms with Crippen molar-refractivity contribution in [1.29, 1.82) is 0 Å². The first-order valence-electron chi connectivity index (χ1n) is 8.51. The minimum atomic E-state index is -0.977. The van der Waals surface area contributed by atoms with Gasteiger partial charge in [-0.2, -0.15) is 0 Å². The lowest BCUT2D eigenvalue weighted by molar-refractivity contribution is -0.164. The van der Waals surface area contributed by atoms with E-state index < -0.39 is 17.1 Å². The largest absolute Gasteiger partial charge is 0.491 e. The standard InChI is InChI=1S/C19H27NO6/c1-18(2,3)26-17(22)19(10-15(23-4)11-20-19)12-25-14-8-6-13(7-9-14)16(21)24-5/h6-9,15,20H,10-12H2,1-5H3/t15-,19-/m0/s1. The Balaban J connectivity index is 2.10. The molecule has 1 N–H and O–H groups in total. The number of hydrogen-bond donors (Lipinski definition) is 1. The Morgan fingerprint density at radius 2 is 1.85 bits per heavy atom. The summed E-state index contributed by atoms with van der Waals surface area (Å²) in [4.78, 5) is 24.3. The number of carbonyl (C=O) groups excluding carboxylic acids is 2. The molecule has 144 valence electrons. The zero-order chi connectivity index (χ0) is 19.4. The van der Waals surface area contributed by atoms with Crippen LogP contribution in [0, 0.1) is 0 Å². The summed E-state index contributed by atoms with van der Waals surface area (Å²) in [5.74, 6) is -0.235. The molecule has 0 amide bonds. The molecular weight excluding hydrogens is 338 g/mol. The second-order valence-electron chi connectivity index (χ2n) is 7.33. The summed E-state index contributed by atoms with van der Waals surface area (Å²) in [6.45, 7) is 6.12. The van der Waals surface area contributed by atoms with Crippen LogP contribution in [0.5, 0.6) is 5.75 Å². The average Bonchev–Trinajstić information content (AvgIpc) is 3.03. The van der Waals surface area contributed by atoms with E-state index in [1.807, 2.05) is 20.8 Å². The van der Waals surface area contributed by atoms with E-state index in [9.17, 15) is 9.59 Å². The summed E-state index contributed by atoms with van der Waals surface area (Å²) in [7, 11) is 2.94. The molecule has 0 spiro atoms. The number of ether oxygens (including phenoxy) is 4. The van der Waals surface area contributed by atoms with Crippen LogP contribution < -0.4 is 10.1 Å². The number of hydrogen-bond acceptors (Lipinski definition) is 7. The molecule has 1 aliphatic rings. The molecule has 2 rings (SSSR count). The molecule has 7 heteroatoms. The molecule has 1 aromatic carbocycles. The number of benzene rings is 1. The molecule has 2 atom stereocenters. The third kappa shape index (κ3) is 4.95. The van der Waals surface area contributed by atoms with Crippen LogP contribution in [-0.4, -0.2) is 56.6 Å². The molecule has 0 radical (unpaired) electrons. The Morgan fingerprint density at radius 3 is 2.35 bits per heavy atom. The van der Waals surface area contributed by atoms with E-state index in [-0.39, 0.29) is 18.7 Å². The Bertz CT molecular complexity index is 636. The molecule has 1 saturated heterocycles. The van der Waals surface area contributed by atoms with E-state index in [2.05, 4.69) is 10.1 Å². The third-order valence-corrected chi connectivity index (χ3v) is 4.13. The predicted molar refractivity (Wildman–Crippen MR) is 95.3 cm³/mol. The van der Waals surface area contributed by atoms with Crippen molar-refractivity contribution < 1.29 is 28.5 Å². The summed E-state index contributed by atoms with van der Waals surface area (Å²) in [6.07, 6.45) is 0.367. The highest BCUT2D eigenvalue weighted by molar-refractivity contribution is 5.89. The van der Waals surface area contributed by atoms with Crippen LogP contribution in [-0.2, 0) is 19.0 Å². The average molecular weight is 365 g/mol. The molecule has 26 heavy (non-hydrogen) atoms. The minimum absolute atomic E-state index is 0.0900. The maximum atomic E-state index is 12.8. The van der Waals surface area contributed by atoms with Crippen LogP contribution in [0.3, 0.4) is 0 Å². The monoisotopic (exact) mass is 365 g/mol. The van der Waals surface area contributed by atoms with E-state index in [1.54, 1.807) is 31.4 Å². The molecule has 0 bridgehead atoms. The smallest absolute Gasteiger partial charge is 0.337 e. The van der Waals surface area contributed by atoms with Gasteiger partial charge in [0.05, 0.1) is 18.8 Å². The first-order valence-corrected chi connectivity index (χ1v) is 8.51. The van der Waals surface area contributed by atoms with Crippen LogP contribution in [0.2, 0.25) is 0 Å². The summed E-state index contributed by atoms with van der Waals surface area (Å²) in [6, 6.07) is 6.55. The van der Waals surface area contributed by atoms with Gasteiger partial charge in [0.2, 0.25) is 0 Å². The van der Waals surface area contributed by atoms with Crippen LogP contribution in [0.1, 0.15) is 37.6 Å². The number of methoxy groups -OCH3 is 2. The number of carbonyl (C=O) groups is 2. The van der Waals surface area contributed by atoms with Crippen LogP contribution in [0.25, 0.3) is 0 Å². The third-order valence-electron chi connectivity index (χ3n) is 4.13. The number of rotatable bonds is 6. The SMILES string of the molecule is COC(=O)c1ccc(OC[C@]2(C(=O)OC(C)(C)C)C[C@H](OC)CN2)cc1. The van der Waals surface area contributed by atoms with Gasteiger partial charge in [0.15, 0.2) is 5.54 Å². The highest BCUT2D eigenvalue weighted by atomic mass is 16.6. The molecule has 1 aliphatic heterocycles. The van der Waals surface area contributed by atoms with Gasteiger partial charge in [-0.05, 0) is 45.0 Å². The summed E-state index contributed by atoms with van der Waals surface area (Å²) < 4.78 is 21.4. The van der Waals surface area contributed by atoms with Crippen molar-refractivity contribution in [3.8, 4) is 5.75 Å². The normalized spacial score (nSPS) is 22.7. The predicted octanol–water partition coefficient (Wildman–Crippen LogP) is 1.94. The molecular formula is C19H27NO6. The zero-order valence-electron chi connectivity index (χ0n) is 16.0. The van der Waals surface area contributed by atoms with E-state index in [0.29, 0.717) is 24.3 Å².